The minimum atomic E-state index is -0.409. The second kappa shape index (κ2) is 8.42. The molecule has 3 rings (SSSR count). The Morgan fingerprint density at radius 1 is 1.27 bits per heavy atom. The van der Waals surface area contributed by atoms with E-state index in [2.05, 4.69) is 25.1 Å². The monoisotopic (exact) mass is 357 g/mol. The van der Waals surface area contributed by atoms with E-state index in [9.17, 15) is 4.79 Å². The first kappa shape index (κ1) is 18.5. The number of methoxy groups -OCH3 is 1. The zero-order valence-electron chi connectivity index (χ0n) is 15.7. The van der Waals surface area contributed by atoms with Gasteiger partial charge in [0, 0.05) is 31.6 Å². The van der Waals surface area contributed by atoms with E-state index in [0.29, 0.717) is 6.67 Å². The van der Waals surface area contributed by atoms with Gasteiger partial charge in [0.25, 0.3) is 0 Å². The van der Waals surface area contributed by atoms with Crippen molar-refractivity contribution in [1.29, 1.82) is 0 Å². The Morgan fingerprint density at radius 3 is 2.69 bits per heavy atom. The zero-order chi connectivity index (χ0) is 18.5. The molecule has 7 nitrogen and oxygen atoms in total. The number of para-hydroxylation sites is 1. The van der Waals surface area contributed by atoms with Crippen LogP contribution in [0.4, 0.5) is 5.82 Å². The number of nitrogens with one attached hydrogen (secondary N) is 1. The van der Waals surface area contributed by atoms with E-state index in [1.54, 1.807) is 6.33 Å². The molecule has 0 aliphatic carbocycles. The van der Waals surface area contributed by atoms with Crippen LogP contribution < -0.4 is 10.2 Å². The number of anilines is 1. The van der Waals surface area contributed by atoms with E-state index in [4.69, 9.17) is 4.74 Å². The van der Waals surface area contributed by atoms with E-state index in [-0.39, 0.29) is 11.9 Å². The lowest BCUT2D eigenvalue weighted by Gasteiger charge is -2.39. The number of hydrogen-bond acceptors (Lipinski definition) is 7. The van der Waals surface area contributed by atoms with Gasteiger partial charge in [-0.1, -0.05) is 26.0 Å². The first-order valence-corrected chi connectivity index (χ1v) is 9.09. The lowest BCUT2D eigenvalue weighted by molar-refractivity contribution is -0.143. The molecule has 1 atom stereocenters. The van der Waals surface area contributed by atoms with Crippen molar-refractivity contribution < 1.29 is 9.53 Å². The summed E-state index contributed by atoms with van der Waals surface area (Å²) in [5, 5.41) is 4.31. The summed E-state index contributed by atoms with van der Waals surface area (Å²) in [5.74, 6) is 0.621. The largest absolute Gasteiger partial charge is 0.467 e. The van der Waals surface area contributed by atoms with Crippen molar-refractivity contribution in [1.82, 2.24) is 20.2 Å². The fourth-order valence-corrected chi connectivity index (χ4v) is 3.45. The molecule has 1 N–H and O–H groups in total. The molecule has 1 aliphatic heterocycles. The number of esters is 1. The number of piperazine rings is 1. The molecule has 0 radical (unpaired) electrons. The molecule has 1 aliphatic rings. The summed E-state index contributed by atoms with van der Waals surface area (Å²) >= 11 is 0. The highest BCUT2D eigenvalue weighted by molar-refractivity contribution is 5.91. The highest BCUT2D eigenvalue weighted by Gasteiger charge is 2.33. The SMILES string of the molecule is COC(=O)C(C(C)C)N(CN1CCNCC1)c1ncnc2ccccc12. The van der Waals surface area contributed by atoms with Crippen LogP contribution in [0.2, 0.25) is 0 Å². The Hall–Kier alpha value is -2.25. The second-order valence-corrected chi connectivity index (χ2v) is 6.91. The summed E-state index contributed by atoms with van der Waals surface area (Å²) in [6, 6.07) is 7.49. The Labute approximate surface area is 154 Å². The van der Waals surface area contributed by atoms with Crippen LogP contribution in [0, 0.1) is 5.92 Å². The van der Waals surface area contributed by atoms with Crippen molar-refractivity contribution in [2.45, 2.75) is 19.9 Å². The van der Waals surface area contributed by atoms with Crippen molar-refractivity contribution in [2.24, 2.45) is 5.92 Å². The van der Waals surface area contributed by atoms with Crippen LogP contribution >= 0.6 is 0 Å². The molecule has 1 aromatic carbocycles. The van der Waals surface area contributed by atoms with Crippen molar-refractivity contribution in [2.75, 3.05) is 44.9 Å². The third-order valence-corrected chi connectivity index (χ3v) is 4.77. The fourth-order valence-electron chi connectivity index (χ4n) is 3.45. The van der Waals surface area contributed by atoms with Crippen molar-refractivity contribution >= 4 is 22.7 Å². The Bertz CT molecular complexity index is 740. The molecular formula is C19H27N5O2. The number of aromatic nitrogens is 2. The maximum Gasteiger partial charge on any atom is 0.328 e. The van der Waals surface area contributed by atoms with Crippen LogP contribution in [-0.2, 0) is 9.53 Å². The first-order chi connectivity index (χ1) is 12.6. The fraction of sp³-hybridized carbons (Fsp3) is 0.526. The molecule has 1 aromatic heterocycles. The van der Waals surface area contributed by atoms with Crippen LogP contribution in [0.5, 0.6) is 0 Å². The summed E-state index contributed by atoms with van der Waals surface area (Å²) in [5.41, 5.74) is 0.871. The van der Waals surface area contributed by atoms with Crippen LogP contribution in [0.3, 0.4) is 0 Å². The minimum Gasteiger partial charge on any atom is -0.467 e. The normalized spacial score (nSPS) is 16.6. The van der Waals surface area contributed by atoms with Gasteiger partial charge in [-0.25, -0.2) is 14.8 Å². The first-order valence-electron chi connectivity index (χ1n) is 9.09. The number of fused-ring (bicyclic) bond motifs is 1. The predicted molar refractivity (Wildman–Crippen MR) is 102 cm³/mol. The van der Waals surface area contributed by atoms with Gasteiger partial charge in [-0.15, -0.1) is 0 Å². The Kier molecular flexibility index (Phi) is 6.00. The van der Waals surface area contributed by atoms with E-state index in [0.717, 1.165) is 42.9 Å². The Morgan fingerprint density at radius 2 is 2.00 bits per heavy atom. The summed E-state index contributed by atoms with van der Waals surface area (Å²) in [6.07, 6.45) is 1.57. The summed E-state index contributed by atoms with van der Waals surface area (Å²) in [7, 11) is 1.44. The molecular weight excluding hydrogens is 330 g/mol. The highest BCUT2D eigenvalue weighted by Crippen LogP contribution is 2.27. The third kappa shape index (κ3) is 3.94. The van der Waals surface area contributed by atoms with Gasteiger partial charge in [0.2, 0.25) is 0 Å². The maximum absolute atomic E-state index is 12.6. The summed E-state index contributed by atoms with van der Waals surface area (Å²) < 4.78 is 5.12. The van der Waals surface area contributed by atoms with Gasteiger partial charge in [0.1, 0.15) is 18.2 Å². The molecule has 1 fully saturated rings. The van der Waals surface area contributed by atoms with Gasteiger partial charge in [0.05, 0.1) is 19.3 Å². The summed E-state index contributed by atoms with van der Waals surface area (Å²) in [4.78, 5) is 25.9. The van der Waals surface area contributed by atoms with Gasteiger partial charge >= 0.3 is 5.97 Å². The zero-order valence-corrected chi connectivity index (χ0v) is 15.7. The average molecular weight is 357 g/mol. The lowest BCUT2D eigenvalue weighted by atomic mass is 10.0. The molecule has 7 heteroatoms. The lowest BCUT2D eigenvalue weighted by Crippen LogP contribution is -2.54. The van der Waals surface area contributed by atoms with E-state index in [1.165, 1.54) is 7.11 Å². The standard InChI is InChI=1S/C19H27N5O2/c1-14(2)17(19(25)26-3)24(13-23-10-8-20-9-11-23)18-15-6-4-5-7-16(15)21-12-22-18/h4-7,12,14,17,20H,8-11,13H2,1-3H3. The van der Waals surface area contributed by atoms with Gasteiger partial charge in [-0.05, 0) is 18.1 Å². The molecule has 2 heterocycles. The van der Waals surface area contributed by atoms with Gasteiger partial charge in [-0.3, -0.25) is 4.90 Å². The van der Waals surface area contributed by atoms with Crippen molar-refractivity contribution in [3.8, 4) is 0 Å². The topological polar surface area (TPSA) is 70.6 Å². The molecule has 0 bridgehead atoms. The van der Waals surface area contributed by atoms with Crippen LogP contribution in [-0.4, -0.2) is 66.8 Å². The van der Waals surface area contributed by atoms with E-state index < -0.39 is 6.04 Å². The van der Waals surface area contributed by atoms with Crippen molar-refractivity contribution in [3.63, 3.8) is 0 Å². The van der Waals surface area contributed by atoms with Gasteiger partial charge in [0.15, 0.2) is 0 Å². The Balaban J connectivity index is 2.04. The number of rotatable bonds is 6. The maximum atomic E-state index is 12.6. The average Bonchev–Trinajstić information content (AvgIpc) is 2.67. The van der Waals surface area contributed by atoms with E-state index in [1.807, 2.05) is 38.1 Å². The molecule has 0 saturated carbocycles. The molecule has 1 saturated heterocycles. The van der Waals surface area contributed by atoms with Crippen LogP contribution in [0.1, 0.15) is 13.8 Å². The second-order valence-electron chi connectivity index (χ2n) is 6.91. The number of ether oxygens (including phenoxy) is 1. The number of nitrogens with zero attached hydrogens (tertiary/aromatic N) is 4. The van der Waals surface area contributed by atoms with Gasteiger partial charge < -0.3 is 15.0 Å². The minimum absolute atomic E-state index is 0.0825. The number of carbonyl (C=O) groups excluding carboxylic acids is 1. The number of carbonyl (C=O) groups is 1. The molecule has 2 aromatic rings. The van der Waals surface area contributed by atoms with Crippen LogP contribution in [0.25, 0.3) is 10.9 Å². The highest BCUT2D eigenvalue weighted by atomic mass is 16.5. The smallest absolute Gasteiger partial charge is 0.328 e. The number of benzene rings is 1. The van der Waals surface area contributed by atoms with Crippen molar-refractivity contribution in [3.05, 3.63) is 30.6 Å². The van der Waals surface area contributed by atoms with Gasteiger partial charge in [-0.2, -0.15) is 0 Å². The molecule has 1 unspecified atom stereocenters. The molecule has 140 valence electrons. The molecule has 26 heavy (non-hydrogen) atoms. The molecule has 0 spiro atoms. The van der Waals surface area contributed by atoms with E-state index >= 15 is 0 Å². The number of hydrogen-bond donors (Lipinski definition) is 1. The van der Waals surface area contributed by atoms with Crippen LogP contribution in [0.15, 0.2) is 30.6 Å². The summed E-state index contributed by atoms with van der Waals surface area (Å²) in [6.45, 7) is 8.47. The third-order valence-electron chi connectivity index (χ3n) is 4.77. The predicted octanol–water partition coefficient (Wildman–Crippen LogP) is 1.50. The molecule has 0 amide bonds. The quantitative estimate of drug-likeness (QED) is 0.786.